The molecule has 6 nitrogen and oxygen atoms in total. The lowest BCUT2D eigenvalue weighted by atomic mass is 10.2. The molecule has 132 valence electrons. The van der Waals surface area contributed by atoms with Gasteiger partial charge in [0.25, 0.3) is 0 Å². The molecule has 6 heteroatoms. The second kappa shape index (κ2) is 8.28. The number of hydrogen-bond acceptors (Lipinski definition) is 4. The highest BCUT2D eigenvalue weighted by Crippen LogP contribution is 2.11. The summed E-state index contributed by atoms with van der Waals surface area (Å²) < 4.78 is 0. The lowest BCUT2D eigenvalue weighted by Crippen LogP contribution is -2.51. The molecular weight excluding hydrogens is 328 g/mol. The van der Waals surface area contributed by atoms with Crippen molar-refractivity contribution in [2.45, 2.75) is 6.54 Å². The summed E-state index contributed by atoms with van der Waals surface area (Å²) in [5, 5.41) is 2.62. The van der Waals surface area contributed by atoms with Crippen LogP contribution < -0.4 is 5.32 Å². The Kier molecular flexibility index (Phi) is 5.62. The first kappa shape index (κ1) is 17.6. The molecule has 0 unspecified atom stereocenters. The number of carbonyl (C=O) groups excluding carboxylic acids is 2. The maximum atomic E-state index is 12.4. The third kappa shape index (κ3) is 4.47. The second-order valence-electron chi connectivity index (χ2n) is 6.07. The van der Waals surface area contributed by atoms with Crippen LogP contribution >= 0.6 is 0 Å². The van der Waals surface area contributed by atoms with Crippen LogP contribution in [0.15, 0.2) is 48.7 Å². The van der Waals surface area contributed by atoms with Crippen molar-refractivity contribution < 1.29 is 9.59 Å². The maximum Gasteiger partial charge on any atom is 0.313 e. The molecule has 1 saturated heterocycles. The van der Waals surface area contributed by atoms with Crippen LogP contribution in [0.25, 0.3) is 0 Å². The van der Waals surface area contributed by atoms with Crippen LogP contribution in [0, 0.1) is 12.3 Å². The van der Waals surface area contributed by atoms with E-state index in [1.54, 1.807) is 35.4 Å². The van der Waals surface area contributed by atoms with E-state index < -0.39 is 11.8 Å². The van der Waals surface area contributed by atoms with Gasteiger partial charge in [0.2, 0.25) is 0 Å². The first-order chi connectivity index (χ1) is 12.7. The van der Waals surface area contributed by atoms with Crippen molar-refractivity contribution in [2.24, 2.45) is 0 Å². The Hall–Kier alpha value is -3.17. The fourth-order valence-corrected chi connectivity index (χ4v) is 2.84. The summed E-state index contributed by atoms with van der Waals surface area (Å²) in [5.41, 5.74) is 2.17. The highest BCUT2D eigenvalue weighted by atomic mass is 16.2. The van der Waals surface area contributed by atoms with E-state index in [9.17, 15) is 9.59 Å². The molecule has 1 fully saturated rings. The molecule has 0 radical (unpaired) electrons. The van der Waals surface area contributed by atoms with Crippen LogP contribution in [0.5, 0.6) is 0 Å². The van der Waals surface area contributed by atoms with Crippen molar-refractivity contribution in [1.82, 2.24) is 14.8 Å². The number of rotatable bonds is 3. The first-order valence-corrected chi connectivity index (χ1v) is 8.45. The van der Waals surface area contributed by atoms with E-state index in [1.807, 2.05) is 18.2 Å². The molecule has 26 heavy (non-hydrogen) atoms. The molecule has 1 aromatic carbocycles. The summed E-state index contributed by atoms with van der Waals surface area (Å²) in [4.78, 5) is 32.7. The molecule has 1 aliphatic heterocycles. The zero-order valence-electron chi connectivity index (χ0n) is 14.4. The molecular formula is C20H20N4O2. The predicted molar refractivity (Wildman–Crippen MR) is 99.1 cm³/mol. The Morgan fingerprint density at radius 1 is 1.12 bits per heavy atom. The zero-order chi connectivity index (χ0) is 18.4. The monoisotopic (exact) mass is 348 g/mol. The van der Waals surface area contributed by atoms with Crippen LogP contribution in [0.2, 0.25) is 0 Å². The Bertz CT molecular complexity index is 821. The summed E-state index contributed by atoms with van der Waals surface area (Å²) in [7, 11) is 0. The predicted octanol–water partition coefficient (Wildman–Crippen LogP) is 1.35. The SMILES string of the molecule is C#Cc1cccc(NC(=O)C(=O)N2CCN(Cc3ccccn3)CC2)c1. The summed E-state index contributed by atoms with van der Waals surface area (Å²) >= 11 is 0. The lowest BCUT2D eigenvalue weighted by Gasteiger charge is -2.34. The molecule has 1 N–H and O–H groups in total. The zero-order valence-corrected chi connectivity index (χ0v) is 14.4. The van der Waals surface area contributed by atoms with Crippen LogP contribution in [-0.2, 0) is 16.1 Å². The van der Waals surface area contributed by atoms with E-state index in [1.165, 1.54) is 0 Å². The van der Waals surface area contributed by atoms with Crippen molar-refractivity contribution in [1.29, 1.82) is 0 Å². The van der Waals surface area contributed by atoms with Gasteiger partial charge < -0.3 is 10.2 Å². The third-order valence-corrected chi connectivity index (χ3v) is 4.25. The van der Waals surface area contributed by atoms with Gasteiger partial charge in [-0.3, -0.25) is 19.5 Å². The Morgan fingerprint density at radius 2 is 1.92 bits per heavy atom. The summed E-state index contributed by atoms with van der Waals surface area (Å²) in [6, 6.07) is 12.7. The maximum absolute atomic E-state index is 12.4. The number of nitrogens with one attached hydrogen (secondary N) is 1. The number of pyridine rings is 1. The highest BCUT2D eigenvalue weighted by molar-refractivity contribution is 6.39. The minimum atomic E-state index is -0.641. The number of aromatic nitrogens is 1. The van der Waals surface area contributed by atoms with E-state index in [4.69, 9.17) is 6.42 Å². The fourth-order valence-electron chi connectivity index (χ4n) is 2.84. The molecule has 2 aromatic rings. The van der Waals surface area contributed by atoms with Crippen LogP contribution in [-0.4, -0.2) is 52.8 Å². The Labute approximate surface area is 152 Å². The van der Waals surface area contributed by atoms with Crippen molar-refractivity contribution >= 4 is 17.5 Å². The van der Waals surface area contributed by atoms with Gasteiger partial charge >= 0.3 is 11.8 Å². The number of amides is 2. The number of anilines is 1. The van der Waals surface area contributed by atoms with E-state index in [0.717, 1.165) is 12.2 Å². The number of hydrogen-bond donors (Lipinski definition) is 1. The number of benzene rings is 1. The van der Waals surface area contributed by atoms with Gasteiger partial charge in [0.15, 0.2) is 0 Å². The second-order valence-corrected chi connectivity index (χ2v) is 6.07. The quantitative estimate of drug-likeness (QED) is 0.672. The first-order valence-electron chi connectivity index (χ1n) is 8.45. The smallest absolute Gasteiger partial charge is 0.313 e. The summed E-state index contributed by atoms with van der Waals surface area (Å²) in [5.74, 6) is 1.34. The number of piperazine rings is 1. The van der Waals surface area contributed by atoms with Gasteiger partial charge in [-0.1, -0.05) is 18.1 Å². The standard InChI is InChI=1S/C20H20N4O2/c1-2-16-6-5-8-17(14-16)22-19(25)20(26)24-12-10-23(11-13-24)15-18-7-3-4-9-21-18/h1,3-9,14H,10-13,15H2,(H,22,25). The van der Waals surface area contributed by atoms with Gasteiger partial charge in [0.05, 0.1) is 5.69 Å². The average molecular weight is 348 g/mol. The van der Waals surface area contributed by atoms with Crippen molar-refractivity contribution in [3.05, 3.63) is 59.9 Å². The molecule has 1 aliphatic rings. The van der Waals surface area contributed by atoms with Crippen molar-refractivity contribution in [3.63, 3.8) is 0 Å². The molecule has 3 rings (SSSR count). The average Bonchev–Trinajstić information content (AvgIpc) is 2.69. The van der Waals surface area contributed by atoms with E-state index in [0.29, 0.717) is 37.4 Å². The van der Waals surface area contributed by atoms with Gasteiger partial charge in [-0.05, 0) is 30.3 Å². The molecule has 0 aliphatic carbocycles. The third-order valence-electron chi connectivity index (χ3n) is 4.25. The molecule has 0 saturated carbocycles. The molecule has 0 spiro atoms. The van der Waals surface area contributed by atoms with Gasteiger partial charge in [0, 0.05) is 50.2 Å². The number of terminal acetylenes is 1. The van der Waals surface area contributed by atoms with Gasteiger partial charge in [-0.2, -0.15) is 0 Å². The van der Waals surface area contributed by atoms with Crippen molar-refractivity contribution in [3.8, 4) is 12.3 Å². The fraction of sp³-hybridized carbons (Fsp3) is 0.250. The molecule has 0 atom stereocenters. The molecule has 1 aromatic heterocycles. The Balaban J connectivity index is 1.51. The van der Waals surface area contributed by atoms with Gasteiger partial charge in [-0.25, -0.2) is 0 Å². The lowest BCUT2D eigenvalue weighted by molar-refractivity contribution is -0.144. The largest absolute Gasteiger partial charge is 0.332 e. The van der Waals surface area contributed by atoms with Crippen LogP contribution in [0.4, 0.5) is 5.69 Å². The molecule has 2 heterocycles. The molecule has 0 bridgehead atoms. The van der Waals surface area contributed by atoms with Crippen molar-refractivity contribution in [2.75, 3.05) is 31.5 Å². The van der Waals surface area contributed by atoms with Crippen LogP contribution in [0.3, 0.4) is 0 Å². The van der Waals surface area contributed by atoms with Crippen LogP contribution in [0.1, 0.15) is 11.3 Å². The van der Waals surface area contributed by atoms with Gasteiger partial charge in [0.1, 0.15) is 0 Å². The highest BCUT2D eigenvalue weighted by Gasteiger charge is 2.26. The van der Waals surface area contributed by atoms with E-state index in [2.05, 4.69) is 21.1 Å². The summed E-state index contributed by atoms with van der Waals surface area (Å²) in [6.07, 6.45) is 7.12. The normalized spacial score (nSPS) is 14.5. The van der Waals surface area contributed by atoms with E-state index >= 15 is 0 Å². The molecule has 2 amide bonds. The minimum Gasteiger partial charge on any atom is -0.332 e. The topological polar surface area (TPSA) is 65.5 Å². The Morgan fingerprint density at radius 3 is 2.62 bits per heavy atom. The van der Waals surface area contributed by atoms with Gasteiger partial charge in [-0.15, -0.1) is 6.42 Å². The number of carbonyl (C=O) groups is 2. The number of nitrogens with zero attached hydrogens (tertiary/aromatic N) is 3. The van der Waals surface area contributed by atoms with E-state index in [-0.39, 0.29) is 0 Å². The summed E-state index contributed by atoms with van der Waals surface area (Å²) in [6.45, 7) is 3.20. The minimum absolute atomic E-state index is 0.517.